The molecule has 166 valence electrons. The molecule has 1 aliphatic rings. The van der Waals surface area contributed by atoms with Crippen LogP contribution in [0.5, 0.6) is 5.75 Å². The number of fused-ring (bicyclic) bond motifs is 1. The number of H-pyrrole nitrogens is 1. The van der Waals surface area contributed by atoms with Crippen LogP contribution in [-0.2, 0) is 9.53 Å². The van der Waals surface area contributed by atoms with Gasteiger partial charge in [-0.05, 0) is 58.6 Å². The van der Waals surface area contributed by atoms with E-state index in [1.54, 1.807) is 45.2 Å². The quantitative estimate of drug-likeness (QED) is 0.442. The molecule has 0 spiro atoms. The first-order valence-corrected chi connectivity index (χ1v) is 10.2. The van der Waals surface area contributed by atoms with E-state index in [-0.39, 0.29) is 12.5 Å². The molecule has 0 bridgehead atoms. The molecule has 0 radical (unpaired) electrons. The molecular weight excluding hydrogens is 398 g/mol. The second-order valence-electron chi connectivity index (χ2n) is 7.70. The summed E-state index contributed by atoms with van der Waals surface area (Å²) < 4.78 is 10.5. The standard InChI is InChI=1S/C23H29N3O5/c1-6-31-23(29)20-13(2)24-18(21(20)19(27)9-10-26(3)4)12-16-15-11-14(30-5)7-8-17(15)25-22(16)28/h7-8,11-12,19,24,27H,6,9-10H2,1-5H3,(H,25,28). The van der Waals surface area contributed by atoms with Gasteiger partial charge in [0.05, 0.1) is 31.0 Å². The molecule has 8 heteroatoms. The molecule has 3 rings (SSSR count). The molecule has 31 heavy (non-hydrogen) atoms. The number of amides is 1. The molecule has 1 aromatic carbocycles. The fourth-order valence-electron chi connectivity index (χ4n) is 3.70. The fourth-order valence-corrected chi connectivity index (χ4v) is 3.70. The lowest BCUT2D eigenvalue weighted by Crippen LogP contribution is -2.17. The number of rotatable bonds is 8. The predicted octanol–water partition coefficient (Wildman–Crippen LogP) is 2.99. The van der Waals surface area contributed by atoms with Crippen LogP contribution in [0.25, 0.3) is 11.6 Å². The summed E-state index contributed by atoms with van der Waals surface area (Å²) in [5.74, 6) is -0.137. The third-order valence-corrected chi connectivity index (χ3v) is 5.22. The average Bonchev–Trinajstić information content (AvgIpc) is 3.22. The van der Waals surface area contributed by atoms with Crippen molar-refractivity contribution in [2.75, 3.05) is 39.7 Å². The van der Waals surface area contributed by atoms with E-state index in [4.69, 9.17) is 9.47 Å². The molecule has 1 atom stereocenters. The van der Waals surface area contributed by atoms with Crippen molar-refractivity contribution < 1.29 is 24.2 Å². The lowest BCUT2D eigenvalue weighted by Gasteiger charge is -2.16. The maximum absolute atomic E-state index is 12.7. The first kappa shape index (κ1) is 22.6. The van der Waals surface area contributed by atoms with Crippen molar-refractivity contribution in [3.05, 3.63) is 46.3 Å². The number of nitrogens with one attached hydrogen (secondary N) is 2. The number of aliphatic hydroxyl groups is 1. The van der Waals surface area contributed by atoms with Gasteiger partial charge in [-0.2, -0.15) is 0 Å². The number of hydrogen-bond donors (Lipinski definition) is 3. The third kappa shape index (κ3) is 4.65. The lowest BCUT2D eigenvalue weighted by molar-refractivity contribution is -0.110. The number of benzene rings is 1. The van der Waals surface area contributed by atoms with E-state index in [2.05, 4.69) is 10.3 Å². The van der Waals surface area contributed by atoms with Gasteiger partial charge in [-0.1, -0.05) is 0 Å². The Kier molecular flexibility index (Phi) is 6.82. The van der Waals surface area contributed by atoms with Crippen LogP contribution in [0, 0.1) is 6.92 Å². The smallest absolute Gasteiger partial charge is 0.340 e. The summed E-state index contributed by atoms with van der Waals surface area (Å²) in [5.41, 5.74) is 3.63. The number of aromatic nitrogens is 1. The third-order valence-electron chi connectivity index (χ3n) is 5.22. The van der Waals surface area contributed by atoms with Crippen LogP contribution < -0.4 is 10.1 Å². The van der Waals surface area contributed by atoms with Crippen LogP contribution in [0.2, 0.25) is 0 Å². The van der Waals surface area contributed by atoms with Crippen LogP contribution in [0.15, 0.2) is 18.2 Å². The van der Waals surface area contributed by atoms with E-state index in [9.17, 15) is 14.7 Å². The van der Waals surface area contributed by atoms with Gasteiger partial charge < -0.3 is 29.8 Å². The first-order valence-electron chi connectivity index (χ1n) is 10.2. The first-order chi connectivity index (χ1) is 14.8. The molecule has 0 fully saturated rings. The van der Waals surface area contributed by atoms with Crippen LogP contribution in [0.3, 0.4) is 0 Å². The zero-order valence-electron chi connectivity index (χ0n) is 18.5. The van der Waals surface area contributed by atoms with Gasteiger partial charge in [0.1, 0.15) is 5.75 Å². The maximum Gasteiger partial charge on any atom is 0.340 e. The number of aryl methyl sites for hydroxylation is 1. The topological polar surface area (TPSA) is 104 Å². The molecule has 1 aliphatic heterocycles. The number of ether oxygens (including phenoxy) is 2. The molecule has 2 heterocycles. The lowest BCUT2D eigenvalue weighted by atomic mass is 9.98. The number of aliphatic hydroxyl groups excluding tert-OH is 1. The van der Waals surface area contributed by atoms with Gasteiger partial charge in [-0.25, -0.2) is 4.79 Å². The fraction of sp³-hybridized carbons (Fsp3) is 0.391. The molecule has 3 N–H and O–H groups in total. The molecule has 0 saturated carbocycles. The van der Waals surface area contributed by atoms with Crippen molar-refractivity contribution in [1.82, 2.24) is 9.88 Å². The number of hydrogen-bond acceptors (Lipinski definition) is 6. The van der Waals surface area contributed by atoms with Crippen molar-refractivity contribution in [2.45, 2.75) is 26.4 Å². The molecule has 1 unspecified atom stereocenters. The number of carbonyl (C=O) groups is 2. The van der Waals surface area contributed by atoms with Crippen molar-refractivity contribution in [1.29, 1.82) is 0 Å². The van der Waals surface area contributed by atoms with Gasteiger partial charge in [-0.3, -0.25) is 4.79 Å². The summed E-state index contributed by atoms with van der Waals surface area (Å²) in [6.45, 7) is 4.34. The van der Waals surface area contributed by atoms with E-state index >= 15 is 0 Å². The summed E-state index contributed by atoms with van der Waals surface area (Å²) >= 11 is 0. The Balaban J connectivity index is 2.12. The Morgan fingerprint density at radius 3 is 2.71 bits per heavy atom. The van der Waals surface area contributed by atoms with Gasteiger partial charge >= 0.3 is 5.97 Å². The minimum Gasteiger partial charge on any atom is -0.497 e. The number of aromatic amines is 1. The molecule has 1 aromatic heterocycles. The molecule has 0 saturated heterocycles. The van der Waals surface area contributed by atoms with Crippen LogP contribution in [0.4, 0.5) is 5.69 Å². The van der Waals surface area contributed by atoms with Crippen molar-refractivity contribution in [3.8, 4) is 5.75 Å². The van der Waals surface area contributed by atoms with E-state index in [0.29, 0.717) is 58.1 Å². The Bertz CT molecular complexity index is 1020. The minimum absolute atomic E-state index is 0.225. The zero-order valence-corrected chi connectivity index (χ0v) is 18.5. The number of anilines is 1. The van der Waals surface area contributed by atoms with E-state index in [1.807, 2.05) is 19.0 Å². The number of esters is 1. The van der Waals surface area contributed by atoms with Gasteiger partial charge in [0, 0.05) is 34.7 Å². The molecule has 2 aromatic rings. The highest BCUT2D eigenvalue weighted by Crippen LogP contribution is 2.37. The zero-order chi connectivity index (χ0) is 22.7. The van der Waals surface area contributed by atoms with E-state index in [1.165, 1.54) is 0 Å². The Hall–Kier alpha value is -3.10. The second-order valence-corrected chi connectivity index (χ2v) is 7.70. The van der Waals surface area contributed by atoms with Gasteiger partial charge in [0.25, 0.3) is 5.91 Å². The van der Waals surface area contributed by atoms with Gasteiger partial charge in [0.2, 0.25) is 0 Å². The van der Waals surface area contributed by atoms with Crippen molar-refractivity contribution >= 4 is 29.2 Å². The molecule has 0 aliphatic carbocycles. The van der Waals surface area contributed by atoms with Crippen molar-refractivity contribution in [2.24, 2.45) is 0 Å². The SMILES string of the molecule is CCOC(=O)c1c(C)[nH]c(C=C2C(=O)Nc3ccc(OC)cc32)c1C(O)CCN(C)C. The highest BCUT2D eigenvalue weighted by molar-refractivity contribution is 6.35. The maximum atomic E-state index is 12.7. The summed E-state index contributed by atoms with van der Waals surface area (Å²) in [7, 11) is 5.39. The summed E-state index contributed by atoms with van der Waals surface area (Å²) in [6, 6.07) is 5.34. The predicted molar refractivity (Wildman–Crippen MR) is 119 cm³/mol. The van der Waals surface area contributed by atoms with Gasteiger partial charge in [-0.15, -0.1) is 0 Å². The number of carbonyl (C=O) groups excluding carboxylic acids is 2. The highest BCUT2D eigenvalue weighted by Gasteiger charge is 2.29. The molecular formula is C23H29N3O5. The number of nitrogens with zero attached hydrogens (tertiary/aromatic N) is 1. The van der Waals surface area contributed by atoms with Crippen LogP contribution in [-0.4, -0.2) is 61.2 Å². The highest BCUT2D eigenvalue weighted by atomic mass is 16.5. The van der Waals surface area contributed by atoms with Crippen molar-refractivity contribution in [3.63, 3.8) is 0 Å². The van der Waals surface area contributed by atoms with E-state index < -0.39 is 12.1 Å². The summed E-state index contributed by atoms with van der Waals surface area (Å²) in [6.07, 6.45) is 1.18. The van der Waals surface area contributed by atoms with Gasteiger partial charge in [0.15, 0.2) is 0 Å². The van der Waals surface area contributed by atoms with E-state index in [0.717, 1.165) is 0 Å². The average molecular weight is 428 g/mol. The normalized spacial score (nSPS) is 15.2. The summed E-state index contributed by atoms with van der Waals surface area (Å²) in [4.78, 5) is 30.4. The molecule has 8 nitrogen and oxygen atoms in total. The monoisotopic (exact) mass is 427 g/mol. The van der Waals surface area contributed by atoms with Crippen LogP contribution in [0.1, 0.15) is 52.3 Å². The largest absolute Gasteiger partial charge is 0.497 e. The Morgan fingerprint density at radius 1 is 1.32 bits per heavy atom. The minimum atomic E-state index is -0.909. The number of methoxy groups -OCH3 is 1. The summed E-state index contributed by atoms with van der Waals surface area (Å²) in [5, 5.41) is 13.8. The Labute approximate surface area is 181 Å². The Morgan fingerprint density at radius 2 is 2.06 bits per heavy atom. The second kappa shape index (κ2) is 9.36. The molecule has 1 amide bonds. The van der Waals surface area contributed by atoms with Crippen LogP contribution >= 0.6 is 0 Å².